The van der Waals surface area contributed by atoms with Crippen molar-refractivity contribution in [3.05, 3.63) is 28.8 Å². The molecular formula is C13H18ClNO3. The highest BCUT2D eigenvalue weighted by atomic mass is 35.5. The summed E-state index contributed by atoms with van der Waals surface area (Å²) in [6.45, 7) is 4.33. The highest BCUT2D eigenvalue weighted by molar-refractivity contribution is 6.31. The van der Waals surface area contributed by atoms with Crippen LogP contribution in [-0.4, -0.2) is 35.7 Å². The Bertz CT molecular complexity index is 421. The normalized spacial score (nSPS) is 11.0. The number of methoxy groups -OCH3 is 1. The van der Waals surface area contributed by atoms with Gasteiger partial charge in [0.2, 0.25) is 0 Å². The van der Waals surface area contributed by atoms with E-state index in [4.69, 9.17) is 21.4 Å². The predicted octanol–water partition coefficient (Wildman–Crippen LogP) is 2.64. The Labute approximate surface area is 112 Å². The lowest BCUT2D eigenvalue weighted by Crippen LogP contribution is -2.35. The lowest BCUT2D eigenvalue weighted by atomic mass is 10.1. The zero-order valence-electron chi connectivity index (χ0n) is 10.8. The summed E-state index contributed by atoms with van der Waals surface area (Å²) in [5.74, 6) is -0.173. The number of rotatable bonds is 6. The molecule has 1 N–H and O–H groups in total. The second kappa shape index (κ2) is 6.61. The summed E-state index contributed by atoms with van der Waals surface area (Å²) in [4.78, 5) is 12.7. The smallest absolute Gasteiger partial charge is 0.317 e. The largest absolute Gasteiger partial charge is 0.496 e. The first-order chi connectivity index (χ1) is 8.45. The molecule has 5 heteroatoms. The summed E-state index contributed by atoms with van der Waals surface area (Å²) in [6.07, 6.45) is 0. The second-order valence-corrected chi connectivity index (χ2v) is 4.72. The van der Waals surface area contributed by atoms with Gasteiger partial charge in [0.15, 0.2) is 0 Å². The molecule has 0 amide bonds. The van der Waals surface area contributed by atoms with E-state index in [0.717, 1.165) is 5.56 Å². The summed E-state index contributed by atoms with van der Waals surface area (Å²) in [5.41, 5.74) is 0.816. The Morgan fingerprint density at radius 1 is 1.50 bits per heavy atom. The fourth-order valence-corrected chi connectivity index (χ4v) is 1.91. The van der Waals surface area contributed by atoms with Gasteiger partial charge in [0.25, 0.3) is 0 Å². The second-order valence-electron chi connectivity index (χ2n) is 4.31. The molecule has 18 heavy (non-hydrogen) atoms. The number of nitrogens with zero attached hydrogens (tertiary/aromatic N) is 1. The van der Waals surface area contributed by atoms with E-state index in [1.54, 1.807) is 13.2 Å². The van der Waals surface area contributed by atoms with Gasteiger partial charge in [-0.3, -0.25) is 9.69 Å². The molecule has 0 atom stereocenters. The zero-order chi connectivity index (χ0) is 13.7. The topological polar surface area (TPSA) is 49.8 Å². The van der Waals surface area contributed by atoms with Crippen LogP contribution in [0.4, 0.5) is 0 Å². The fraction of sp³-hybridized carbons (Fsp3) is 0.462. The van der Waals surface area contributed by atoms with Gasteiger partial charge in [-0.15, -0.1) is 0 Å². The third-order valence-electron chi connectivity index (χ3n) is 2.73. The molecule has 100 valence electrons. The number of benzene rings is 1. The zero-order valence-corrected chi connectivity index (χ0v) is 11.6. The number of carboxylic acids is 1. The minimum absolute atomic E-state index is 0.0218. The molecule has 0 bridgehead atoms. The lowest BCUT2D eigenvalue weighted by Gasteiger charge is -2.25. The molecule has 0 aromatic heterocycles. The van der Waals surface area contributed by atoms with Gasteiger partial charge in [0, 0.05) is 23.2 Å². The van der Waals surface area contributed by atoms with Crippen LogP contribution >= 0.6 is 11.6 Å². The Balaban J connectivity index is 2.96. The van der Waals surface area contributed by atoms with E-state index < -0.39 is 5.97 Å². The van der Waals surface area contributed by atoms with Crippen LogP contribution in [0.1, 0.15) is 19.4 Å². The molecule has 0 radical (unpaired) electrons. The van der Waals surface area contributed by atoms with Crippen molar-refractivity contribution in [2.75, 3.05) is 13.7 Å². The summed E-state index contributed by atoms with van der Waals surface area (Å²) in [6, 6.07) is 5.52. The van der Waals surface area contributed by atoms with Crippen molar-refractivity contribution in [3.8, 4) is 5.75 Å². The number of ether oxygens (including phenoxy) is 1. The van der Waals surface area contributed by atoms with Crippen LogP contribution < -0.4 is 4.74 Å². The maximum Gasteiger partial charge on any atom is 0.317 e. The third kappa shape index (κ3) is 3.89. The Hall–Kier alpha value is -1.26. The Morgan fingerprint density at radius 3 is 2.67 bits per heavy atom. The molecule has 1 rings (SSSR count). The van der Waals surface area contributed by atoms with Crippen molar-refractivity contribution in [2.24, 2.45) is 0 Å². The standard InChI is InChI=1S/C13H18ClNO3/c1-9(2)15(8-13(16)17)7-10-11(14)5-4-6-12(10)18-3/h4-6,9H,7-8H2,1-3H3,(H,16,17). The molecular weight excluding hydrogens is 254 g/mol. The minimum Gasteiger partial charge on any atom is -0.496 e. The molecule has 0 spiro atoms. The Morgan fingerprint density at radius 2 is 2.17 bits per heavy atom. The highest BCUT2D eigenvalue weighted by Gasteiger charge is 2.17. The van der Waals surface area contributed by atoms with E-state index in [9.17, 15) is 4.79 Å². The van der Waals surface area contributed by atoms with Gasteiger partial charge < -0.3 is 9.84 Å². The van der Waals surface area contributed by atoms with Gasteiger partial charge in [-0.1, -0.05) is 17.7 Å². The maximum atomic E-state index is 10.8. The van der Waals surface area contributed by atoms with Crippen LogP contribution in [0.25, 0.3) is 0 Å². The third-order valence-corrected chi connectivity index (χ3v) is 3.08. The summed E-state index contributed by atoms with van der Waals surface area (Å²) < 4.78 is 5.25. The molecule has 0 aliphatic heterocycles. The molecule has 0 heterocycles. The van der Waals surface area contributed by atoms with Crippen molar-refractivity contribution in [3.63, 3.8) is 0 Å². The van der Waals surface area contributed by atoms with E-state index in [1.165, 1.54) is 0 Å². The first-order valence-corrected chi connectivity index (χ1v) is 6.10. The molecule has 1 aromatic rings. The quantitative estimate of drug-likeness (QED) is 0.864. The average molecular weight is 272 g/mol. The van der Waals surface area contributed by atoms with Crippen molar-refractivity contribution in [1.29, 1.82) is 0 Å². The van der Waals surface area contributed by atoms with Crippen LogP contribution in [0.15, 0.2) is 18.2 Å². The molecule has 0 aliphatic carbocycles. The molecule has 0 fully saturated rings. The number of halogens is 1. The first-order valence-electron chi connectivity index (χ1n) is 5.73. The van der Waals surface area contributed by atoms with Crippen LogP contribution in [0, 0.1) is 0 Å². The van der Waals surface area contributed by atoms with Crippen LogP contribution in [-0.2, 0) is 11.3 Å². The van der Waals surface area contributed by atoms with Crippen molar-refractivity contribution >= 4 is 17.6 Å². The van der Waals surface area contributed by atoms with Gasteiger partial charge >= 0.3 is 5.97 Å². The molecule has 0 saturated heterocycles. The molecule has 0 unspecified atom stereocenters. The maximum absolute atomic E-state index is 10.8. The molecule has 1 aromatic carbocycles. The van der Waals surface area contributed by atoms with Gasteiger partial charge in [0.1, 0.15) is 5.75 Å². The van der Waals surface area contributed by atoms with Gasteiger partial charge in [-0.25, -0.2) is 0 Å². The SMILES string of the molecule is COc1cccc(Cl)c1CN(CC(=O)O)C(C)C. The fourth-order valence-electron chi connectivity index (χ4n) is 1.68. The van der Waals surface area contributed by atoms with Crippen molar-refractivity contribution in [1.82, 2.24) is 4.90 Å². The number of aliphatic carboxylic acids is 1. The van der Waals surface area contributed by atoms with Crippen LogP contribution in [0.3, 0.4) is 0 Å². The van der Waals surface area contributed by atoms with E-state index in [-0.39, 0.29) is 12.6 Å². The van der Waals surface area contributed by atoms with E-state index in [0.29, 0.717) is 17.3 Å². The number of hydrogen-bond acceptors (Lipinski definition) is 3. The summed E-state index contributed by atoms with van der Waals surface area (Å²) >= 11 is 6.14. The average Bonchev–Trinajstić information content (AvgIpc) is 2.29. The van der Waals surface area contributed by atoms with E-state index >= 15 is 0 Å². The lowest BCUT2D eigenvalue weighted by molar-refractivity contribution is -0.138. The van der Waals surface area contributed by atoms with Crippen LogP contribution in [0.2, 0.25) is 5.02 Å². The van der Waals surface area contributed by atoms with Gasteiger partial charge in [-0.2, -0.15) is 0 Å². The van der Waals surface area contributed by atoms with Crippen molar-refractivity contribution < 1.29 is 14.6 Å². The van der Waals surface area contributed by atoms with E-state index in [1.807, 2.05) is 30.9 Å². The molecule has 0 saturated carbocycles. The molecule has 0 aliphatic rings. The van der Waals surface area contributed by atoms with Gasteiger partial charge in [0.05, 0.1) is 13.7 Å². The number of hydrogen-bond donors (Lipinski definition) is 1. The molecule has 4 nitrogen and oxygen atoms in total. The predicted molar refractivity (Wildman–Crippen MR) is 71.2 cm³/mol. The first kappa shape index (κ1) is 14.8. The number of carboxylic acid groups (broad SMARTS) is 1. The van der Waals surface area contributed by atoms with E-state index in [2.05, 4.69) is 0 Å². The minimum atomic E-state index is -0.852. The monoisotopic (exact) mass is 271 g/mol. The highest BCUT2D eigenvalue weighted by Crippen LogP contribution is 2.28. The summed E-state index contributed by atoms with van der Waals surface area (Å²) in [5, 5.41) is 9.49. The van der Waals surface area contributed by atoms with Crippen molar-refractivity contribution in [2.45, 2.75) is 26.4 Å². The van der Waals surface area contributed by atoms with Crippen LogP contribution in [0.5, 0.6) is 5.75 Å². The number of carbonyl (C=O) groups is 1. The van der Waals surface area contributed by atoms with Gasteiger partial charge in [-0.05, 0) is 26.0 Å². The Kier molecular flexibility index (Phi) is 5.44. The summed E-state index contributed by atoms with van der Waals surface area (Å²) in [7, 11) is 1.58.